The smallest absolute Gasteiger partial charge is 0.266 e. The molecule has 190 valence electrons. The zero-order valence-electron chi connectivity index (χ0n) is 20.6. The van der Waals surface area contributed by atoms with Crippen LogP contribution < -0.4 is 19.5 Å². The van der Waals surface area contributed by atoms with Gasteiger partial charge in [-0.1, -0.05) is 60.4 Å². The van der Waals surface area contributed by atoms with Crippen molar-refractivity contribution in [3.8, 4) is 17.2 Å². The normalized spacial score (nSPS) is 15.0. The summed E-state index contributed by atoms with van der Waals surface area (Å²) in [6.07, 6.45) is 1.78. The van der Waals surface area contributed by atoms with Crippen molar-refractivity contribution in [1.29, 1.82) is 0 Å². The van der Waals surface area contributed by atoms with Crippen molar-refractivity contribution >= 4 is 51.9 Å². The molecule has 1 fully saturated rings. The topological polar surface area (TPSA) is 77.1 Å². The SMILES string of the molecule is COc1ccc(NC(=O)COc2ccc(/C=C3\SC(=S)N([C@@H](C)c4ccccc4)C3=O)cc2OC)cc1. The van der Waals surface area contributed by atoms with Crippen molar-refractivity contribution in [2.75, 3.05) is 26.1 Å². The summed E-state index contributed by atoms with van der Waals surface area (Å²) in [6, 6.07) is 21.9. The molecule has 0 unspecified atom stereocenters. The van der Waals surface area contributed by atoms with Crippen LogP contribution in [0.1, 0.15) is 24.1 Å². The van der Waals surface area contributed by atoms with E-state index >= 15 is 0 Å². The summed E-state index contributed by atoms with van der Waals surface area (Å²) in [5.41, 5.74) is 2.40. The highest BCUT2D eigenvalue weighted by Gasteiger charge is 2.35. The zero-order valence-corrected chi connectivity index (χ0v) is 22.2. The molecule has 0 radical (unpaired) electrons. The van der Waals surface area contributed by atoms with Crippen LogP contribution in [0, 0.1) is 0 Å². The Kier molecular flexibility index (Phi) is 8.47. The number of carbonyl (C=O) groups excluding carboxylic acids is 2. The average Bonchev–Trinajstić information content (AvgIpc) is 3.20. The Balaban J connectivity index is 1.42. The molecule has 1 saturated heterocycles. The molecule has 2 amide bonds. The average molecular weight is 535 g/mol. The fourth-order valence-electron chi connectivity index (χ4n) is 3.75. The Bertz CT molecular complexity index is 1330. The maximum absolute atomic E-state index is 13.2. The lowest BCUT2D eigenvalue weighted by molar-refractivity contribution is -0.123. The van der Waals surface area contributed by atoms with Gasteiger partial charge in [0, 0.05) is 5.69 Å². The Hall–Kier alpha value is -3.82. The van der Waals surface area contributed by atoms with E-state index in [0.717, 1.165) is 11.1 Å². The summed E-state index contributed by atoms with van der Waals surface area (Å²) >= 11 is 6.78. The van der Waals surface area contributed by atoms with Gasteiger partial charge in [0.15, 0.2) is 18.1 Å². The van der Waals surface area contributed by atoms with Crippen molar-refractivity contribution in [1.82, 2.24) is 4.90 Å². The van der Waals surface area contributed by atoms with Gasteiger partial charge in [-0.2, -0.15) is 0 Å². The molecule has 3 aromatic carbocycles. The van der Waals surface area contributed by atoms with E-state index in [1.54, 1.807) is 60.6 Å². The molecule has 4 rings (SSSR count). The van der Waals surface area contributed by atoms with Crippen LogP contribution in [0.4, 0.5) is 5.69 Å². The number of thioether (sulfide) groups is 1. The third kappa shape index (κ3) is 6.31. The molecular formula is C28H26N2O5S2. The van der Waals surface area contributed by atoms with Crippen LogP contribution in [-0.2, 0) is 9.59 Å². The predicted octanol–water partition coefficient (Wildman–Crippen LogP) is 5.68. The number of hydrogen-bond donors (Lipinski definition) is 1. The van der Waals surface area contributed by atoms with E-state index in [-0.39, 0.29) is 24.5 Å². The molecule has 1 N–H and O–H groups in total. The molecule has 3 aromatic rings. The first kappa shape index (κ1) is 26.2. The first-order valence-electron chi connectivity index (χ1n) is 11.5. The summed E-state index contributed by atoms with van der Waals surface area (Å²) in [5.74, 6) is 1.11. The number of benzene rings is 3. The van der Waals surface area contributed by atoms with Gasteiger partial charge in [-0.3, -0.25) is 14.5 Å². The quantitative estimate of drug-likeness (QED) is 0.279. The van der Waals surface area contributed by atoms with E-state index in [0.29, 0.717) is 32.2 Å². The number of carbonyl (C=O) groups is 2. The molecule has 9 heteroatoms. The molecule has 1 heterocycles. The minimum Gasteiger partial charge on any atom is -0.497 e. The van der Waals surface area contributed by atoms with Crippen LogP contribution in [0.2, 0.25) is 0 Å². The van der Waals surface area contributed by atoms with Crippen molar-refractivity contribution in [2.45, 2.75) is 13.0 Å². The van der Waals surface area contributed by atoms with Crippen LogP contribution in [-0.4, -0.2) is 41.9 Å². The molecule has 0 aliphatic carbocycles. The maximum Gasteiger partial charge on any atom is 0.266 e. The first-order valence-corrected chi connectivity index (χ1v) is 12.7. The number of thiocarbonyl (C=S) groups is 1. The van der Waals surface area contributed by atoms with Gasteiger partial charge < -0.3 is 19.5 Å². The fourth-order valence-corrected chi connectivity index (χ4v) is 5.17. The highest BCUT2D eigenvalue weighted by Crippen LogP contribution is 2.39. The second-order valence-electron chi connectivity index (χ2n) is 8.11. The van der Waals surface area contributed by atoms with E-state index in [9.17, 15) is 9.59 Å². The lowest BCUT2D eigenvalue weighted by atomic mass is 10.1. The van der Waals surface area contributed by atoms with Crippen LogP contribution in [0.3, 0.4) is 0 Å². The van der Waals surface area contributed by atoms with Gasteiger partial charge in [-0.25, -0.2) is 0 Å². The Morgan fingerprint density at radius 2 is 1.76 bits per heavy atom. The van der Waals surface area contributed by atoms with Gasteiger partial charge in [0.05, 0.1) is 25.2 Å². The van der Waals surface area contributed by atoms with Crippen LogP contribution in [0.15, 0.2) is 77.7 Å². The number of hydrogen-bond acceptors (Lipinski definition) is 7. The van der Waals surface area contributed by atoms with Crippen molar-refractivity contribution in [3.63, 3.8) is 0 Å². The molecule has 0 spiro atoms. The molecular weight excluding hydrogens is 508 g/mol. The molecule has 7 nitrogen and oxygen atoms in total. The van der Waals surface area contributed by atoms with Gasteiger partial charge in [0.2, 0.25) is 0 Å². The van der Waals surface area contributed by atoms with Gasteiger partial charge >= 0.3 is 0 Å². The van der Waals surface area contributed by atoms with E-state index in [2.05, 4.69) is 5.32 Å². The first-order chi connectivity index (χ1) is 17.9. The van der Waals surface area contributed by atoms with Crippen molar-refractivity contribution < 1.29 is 23.8 Å². The van der Waals surface area contributed by atoms with E-state index in [1.165, 1.54) is 18.9 Å². The molecule has 1 aliphatic heterocycles. The Labute approximate surface area is 225 Å². The predicted molar refractivity (Wildman–Crippen MR) is 150 cm³/mol. The molecule has 0 bridgehead atoms. The molecule has 37 heavy (non-hydrogen) atoms. The number of ether oxygens (including phenoxy) is 3. The Morgan fingerprint density at radius 3 is 2.43 bits per heavy atom. The summed E-state index contributed by atoms with van der Waals surface area (Å²) < 4.78 is 16.8. The van der Waals surface area contributed by atoms with Gasteiger partial charge in [-0.05, 0) is 60.5 Å². The number of anilines is 1. The third-order valence-electron chi connectivity index (χ3n) is 5.71. The second-order valence-corrected chi connectivity index (χ2v) is 9.79. The lowest BCUT2D eigenvalue weighted by Crippen LogP contribution is -2.30. The number of methoxy groups -OCH3 is 2. The molecule has 0 saturated carbocycles. The number of nitrogens with one attached hydrogen (secondary N) is 1. The minimum atomic E-state index is -0.312. The van der Waals surface area contributed by atoms with E-state index < -0.39 is 0 Å². The second kappa shape index (κ2) is 11.9. The van der Waals surface area contributed by atoms with Gasteiger partial charge in [0.1, 0.15) is 10.1 Å². The minimum absolute atomic E-state index is 0.138. The highest BCUT2D eigenvalue weighted by atomic mass is 32.2. The largest absolute Gasteiger partial charge is 0.497 e. The summed E-state index contributed by atoms with van der Waals surface area (Å²) in [7, 11) is 3.10. The van der Waals surface area contributed by atoms with Crippen molar-refractivity contribution in [3.05, 3.63) is 88.8 Å². The molecule has 0 aromatic heterocycles. The summed E-state index contributed by atoms with van der Waals surface area (Å²) in [5, 5.41) is 2.77. The summed E-state index contributed by atoms with van der Waals surface area (Å²) in [6.45, 7) is 1.76. The molecule has 1 aliphatic rings. The maximum atomic E-state index is 13.2. The Morgan fingerprint density at radius 1 is 1.03 bits per heavy atom. The highest BCUT2D eigenvalue weighted by molar-refractivity contribution is 8.26. The number of rotatable bonds is 9. The molecule has 1 atom stereocenters. The van der Waals surface area contributed by atoms with Crippen molar-refractivity contribution in [2.24, 2.45) is 0 Å². The van der Waals surface area contributed by atoms with Crippen LogP contribution in [0.25, 0.3) is 6.08 Å². The number of amides is 2. The monoisotopic (exact) mass is 534 g/mol. The van der Waals surface area contributed by atoms with Gasteiger partial charge in [0.25, 0.3) is 11.8 Å². The zero-order chi connectivity index (χ0) is 26.4. The van der Waals surface area contributed by atoms with Crippen LogP contribution >= 0.6 is 24.0 Å². The third-order valence-corrected chi connectivity index (χ3v) is 7.04. The number of nitrogens with zero attached hydrogens (tertiary/aromatic N) is 1. The van der Waals surface area contributed by atoms with Gasteiger partial charge in [-0.15, -0.1) is 0 Å². The van der Waals surface area contributed by atoms with E-state index in [4.69, 9.17) is 26.4 Å². The standard InChI is InChI=1S/C28H26N2O5S2/c1-18(20-7-5-4-6-8-20)30-27(32)25(37-28(30)36)16-19-9-14-23(24(15-19)34-3)35-17-26(31)29-21-10-12-22(33-2)13-11-21/h4-16,18H,17H2,1-3H3,(H,29,31)/b25-16-/t18-/m0/s1. The van der Waals surface area contributed by atoms with Crippen LogP contribution in [0.5, 0.6) is 17.2 Å². The fraction of sp³-hybridized carbons (Fsp3) is 0.179. The summed E-state index contributed by atoms with van der Waals surface area (Å²) in [4.78, 5) is 27.6. The lowest BCUT2D eigenvalue weighted by Gasteiger charge is -2.23. The van der Waals surface area contributed by atoms with E-state index in [1.807, 2.05) is 37.3 Å².